The monoisotopic (exact) mass is 594 g/mol. The zero-order valence-electron chi connectivity index (χ0n) is 23.1. The van der Waals surface area contributed by atoms with E-state index >= 15 is 4.39 Å². The van der Waals surface area contributed by atoms with E-state index in [2.05, 4.69) is 4.74 Å². The van der Waals surface area contributed by atoms with Crippen molar-refractivity contribution in [3.63, 3.8) is 0 Å². The highest BCUT2D eigenvalue weighted by Crippen LogP contribution is 2.37. The molecule has 0 radical (unpaired) electrons. The lowest BCUT2D eigenvalue weighted by Gasteiger charge is -2.20. The van der Waals surface area contributed by atoms with Gasteiger partial charge < -0.3 is 4.74 Å². The minimum Gasteiger partial charge on any atom is -0.429 e. The fraction of sp³-hybridized carbons (Fsp3) is 0.143. The maximum atomic E-state index is 15.1. The van der Waals surface area contributed by atoms with Crippen molar-refractivity contribution in [1.29, 1.82) is 0 Å². The van der Waals surface area contributed by atoms with E-state index in [9.17, 15) is 26.3 Å². The lowest BCUT2D eigenvalue weighted by Crippen LogP contribution is -2.25. The summed E-state index contributed by atoms with van der Waals surface area (Å²) in [6, 6.07) is 19.7. The second-order valence-electron chi connectivity index (χ2n) is 10.2. The van der Waals surface area contributed by atoms with Crippen molar-refractivity contribution in [2.24, 2.45) is 0 Å². The summed E-state index contributed by atoms with van der Waals surface area (Å²) in [7, 11) is 0. The van der Waals surface area contributed by atoms with Gasteiger partial charge in [-0.25, -0.2) is 22.0 Å². The smallest absolute Gasteiger partial charge is 0.429 e. The van der Waals surface area contributed by atoms with Gasteiger partial charge in [-0.05, 0) is 89.2 Å². The standard InChI is InChI=1S/C35H25F7O/c1-3-4-21-15-32(39)34(33(40)16-21)35(41,42)43-26-11-7-22(8-12-26)23-9-13-27(30(37)17-23)25-10-14-28(31(38)19-25)24-6-5-20(2)29(36)18-24/h5-19H,3-4H2,1-2H3. The Morgan fingerprint density at radius 1 is 0.558 bits per heavy atom. The molecular weight excluding hydrogens is 569 g/mol. The molecule has 0 saturated carbocycles. The van der Waals surface area contributed by atoms with E-state index in [0.717, 1.165) is 12.1 Å². The molecule has 220 valence electrons. The molecule has 0 saturated heterocycles. The second-order valence-corrected chi connectivity index (χ2v) is 10.2. The third-order valence-electron chi connectivity index (χ3n) is 7.10. The van der Waals surface area contributed by atoms with E-state index < -0.39 is 40.8 Å². The summed E-state index contributed by atoms with van der Waals surface area (Å²) in [5.41, 5.74) is 0.983. The molecule has 8 heteroatoms. The maximum Gasteiger partial charge on any atom is 0.432 e. The van der Waals surface area contributed by atoms with Crippen molar-refractivity contribution in [3.05, 3.63) is 137 Å². The highest BCUT2D eigenvalue weighted by atomic mass is 19.3. The predicted octanol–water partition coefficient (Wildman–Crippen LogP) is 10.8. The average molecular weight is 595 g/mol. The minimum atomic E-state index is -4.29. The Balaban J connectivity index is 1.34. The Labute approximate surface area is 244 Å². The predicted molar refractivity (Wildman–Crippen MR) is 152 cm³/mol. The first-order valence-electron chi connectivity index (χ1n) is 13.5. The first-order chi connectivity index (χ1) is 20.5. The van der Waals surface area contributed by atoms with Gasteiger partial charge in [0.1, 0.15) is 40.4 Å². The topological polar surface area (TPSA) is 9.23 Å². The van der Waals surface area contributed by atoms with Crippen LogP contribution in [0.1, 0.15) is 30.0 Å². The molecule has 0 aromatic heterocycles. The van der Waals surface area contributed by atoms with Gasteiger partial charge in [0.15, 0.2) is 0 Å². The van der Waals surface area contributed by atoms with Crippen LogP contribution in [0, 0.1) is 36.0 Å². The maximum absolute atomic E-state index is 15.1. The van der Waals surface area contributed by atoms with E-state index in [1.54, 1.807) is 32.0 Å². The molecule has 0 aliphatic carbocycles. The van der Waals surface area contributed by atoms with Crippen LogP contribution in [0.25, 0.3) is 33.4 Å². The zero-order chi connectivity index (χ0) is 30.9. The van der Waals surface area contributed by atoms with Gasteiger partial charge in [-0.1, -0.05) is 61.9 Å². The van der Waals surface area contributed by atoms with Crippen LogP contribution in [-0.4, -0.2) is 0 Å². The Kier molecular flexibility index (Phi) is 8.31. The molecule has 0 amide bonds. The molecule has 0 bridgehead atoms. The van der Waals surface area contributed by atoms with Crippen molar-refractivity contribution < 1.29 is 35.5 Å². The van der Waals surface area contributed by atoms with Crippen LogP contribution in [-0.2, 0) is 12.5 Å². The summed E-state index contributed by atoms with van der Waals surface area (Å²) in [4.78, 5) is 0. The number of alkyl halides is 2. The SMILES string of the molecule is CCCc1cc(F)c(C(F)(F)Oc2ccc(-c3ccc(-c4ccc(-c5ccc(C)c(F)c5)c(F)c4)c(F)c3)cc2)c(F)c1. The van der Waals surface area contributed by atoms with E-state index in [1.165, 1.54) is 60.7 Å². The van der Waals surface area contributed by atoms with Gasteiger partial charge in [0.2, 0.25) is 0 Å². The molecule has 0 fully saturated rings. The highest BCUT2D eigenvalue weighted by Gasteiger charge is 2.41. The molecule has 0 aliphatic heterocycles. The molecule has 5 aromatic carbocycles. The van der Waals surface area contributed by atoms with Crippen LogP contribution in [0.3, 0.4) is 0 Å². The summed E-state index contributed by atoms with van der Waals surface area (Å²) in [5.74, 6) is -4.93. The number of aryl methyl sites for hydroxylation is 2. The number of rotatable bonds is 8. The van der Waals surface area contributed by atoms with Gasteiger partial charge in [0.05, 0.1) is 0 Å². The highest BCUT2D eigenvalue weighted by molar-refractivity contribution is 5.74. The molecule has 5 rings (SSSR count). The fourth-order valence-corrected chi connectivity index (χ4v) is 4.86. The summed E-state index contributed by atoms with van der Waals surface area (Å²) >= 11 is 0. The summed E-state index contributed by atoms with van der Waals surface area (Å²) < 4.78 is 107. The molecule has 0 unspecified atom stereocenters. The third-order valence-corrected chi connectivity index (χ3v) is 7.10. The van der Waals surface area contributed by atoms with Gasteiger partial charge in [0, 0.05) is 11.1 Å². The first kappa shape index (κ1) is 29.9. The number of hydrogen-bond donors (Lipinski definition) is 0. The van der Waals surface area contributed by atoms with Gasteiger partial charge in [-0.3, -0.25) is 0 Å². The normalized spacial score (nSPS) is 11.6. The van der Waals surface area contributed by atoms with Crippen LogP contribution >= 0.6 is 0 Å². The van der Waals surface area contributed by atoms with Crippen LogP contribution < -0.4 is 4.74 Å². The summed E-state index contributed by atoms with van der Waals surface area (Å²) in [5, 5.41) is 0. The van der Waals surface area contributed by atoms with Crippen molar-refractivity contribution in [2.45, 2.75) is 32.8 Å². The van der Waals surface area contributed by atoms with E-state index in [1.807, 2.05) is 0 Å². The van der Waals surface area contributed by atoms with Gasteiger partial charge in [0.25, 0.3) is 0 Å². The van der Waals surface area contributed by atoms with Crippen LogP contribution in [0.4, 0.5) is 30.7 Å². The summed E-state index contributed by atoms with van der Waals surface area (Å²) in [6.45, 7) is 3.40. The Hall–Kier alpha value is -4.59. The molecule has 0 spiro atoms. The quantitative estimate of drug-likeness (QED) is 0.162. The Morgan fingerprint density at radius 2 is 1.05 bits per heavy atom. The third kappa shape index (κ3) is 6.28. The number of hydrogen-bond acceptors (Lipinski definition) is 1. The molecular formula is C35H25F7O. The van der Waals surface area contributed by atoms with Gasteiger partial charge in [-0.15, -0.1) is 0 Å². The van der Waals surface area contributed by atoms with Crippen molar-refractivity contribution in [3.8, 4) is 39.1 Å². The lowest BCUT2D eigenvalue weighted by molar-refractivity contribution is -0.189. The summed E-state index contributed by atoms with van der Waals surface area (Å²) in [6.07, 6.45) is -3.36. The molecule has 1 nitrogen and oxygen atoms in total. The molecule has 0 atom stereocenters. The van der Waals surface area contributed by atoms with Crippen LogP contribution in [0.2, 0.25) is 0 Å². The molecule has 5 aromatic rings. The Bertz CT molecular complexity index is 1770. The van der Waals surface area contributed by atoms with Crippen LogP contribution in [0.5, 0.6) is 5.75 Å². The second kappa shape index (κ2) is 12.0. The van der Waals surface area contributed by atoms with Crippen molar-refractivity contribution in [2.75, 3.05) is 0 Å². The Morgan fingerprint density at radius 3 is 1.58 bits per heavy atom. The molecule has 0 heterocycles. The number of benzene rings is 5. The van der Waals surface area contributed by atoms with Crippen molar-refractivity contribution in [1.82, 2.24) is 0 Å². The van der Waals surface area contributed by atoms with E-state index in [0.29, 0.717) is 35.1 Å². The first-order valence-corrected chi connectivity index (χ1v) is 13.5. The molecule has 0 N–H and O–H groups in total. The van der Waals surface area contributed by atoms with Gasteiger partial charge in [-0.2, -0.15) is 8.78 Å². The number of ether oxygens (including phenoxy) is 1. The van der Waals surface area contributed by atoms with Crippen LogP contribution in [0.15, 0.2) is 91.0 Å². The number of halogens is 7. The largest absolute Gasteiger partial charge is 0.432 e. The molecule has 0 aliphatic rings. The fourth-order valence-electron chi connectivity index (χ4n) is 4.86. The minimum absolute atomic E-state index is 0.123. The average Bonchev–Trinajstić information content (AvgIpc) is 2.94. The van der Waals surface area contributed by atoms with Crippen molar-refractivity contribution >= 4 is 0 Å². The van der Waals surface area contributed by atoms with E-state index in [-0.39, 0.29) is 28.0 Å². The lowest BCUT2D eigenvalue weighted by atomic mass is 9.96. The van der Waals surface area contributed by atoms with Gasteiger partial charge >= 0.3 is 6.11 Å². The zero-order valence-corrected chi connectivity index (χ0v) is 23.1. The molecule has 43 heavy (non-hydrogen) atoms. The van der Waals surface area contributed by atoms with E-state index in [4.69, 9.17) is 0 Å².